The average molecular weight is 258 g/mol. The van der Waals surface area contributed by atoms with Crippen LogP contribution in [-0.4, -0.2) is 51.0 Å². The molecule has 0 radical (unpaired) electrons. The minimum atomic E-state index is -2.89. The first-order valence-electron chi connectivity index (χ1n) is 3.22. The van der Waals surface area contributed by atoms with Crippen LogP contribution >= 0.6 is 16.5 Å². The second-order valence-electron chi connectivity index (χ2n) is 1.37. The molecule has 76 valence electrons. The molecule has 2 unspecified atom stereocenters. The Balaban J connectivity index is -0.000000143. The largest absolute Gasteiger partial charge is 2.00 e. The van der Waals surface area contributed by atoms with Crippen molar-refractivity contribution in [3.8, 4) is 0 Å². The van der Waals surface area contributed by atoms with Gasteiger partial charge in [-0.3, -0.25) is 0 Å². The van der Waals surface area contributed by atoms with Crippen LogP contribution in [0.15, 0.2) is 0 Å². The van der Waals surface area contributed by atoms with Gasteiger partial charge in [0.15, 0.2) is 0 Å². The van der Waals surface area contributed by atoms with Gasteiger partial charge < -0.3 is 28.0 Å². The maximum absolute atomic E-state index is 9.45. The fraction of sp³-hybridized carbons (Fsp3) is 1.00. The summed E-state index contributed by atoms with van der Waals surface area (Å²) in [6, 6.07) is 0. The van der Waals surface area contributed by atoms with Gasteiger partial charge in [0, 0.05) is 13.2 Å². The molecule has 9 heteroatoms. The van der Waals surface area contributed by atoms with Crippen molar-refractivity contribution >= 4 is 54.2 Å². The SMILES string of the molecule is CCO[PH](=O)[O-].CCO[PH](=O)[O-].[Ca+2]. The molecule has 0 aliphatic rings. The van der Waals surface area contributed by atoms with Crippen molar-refractivity contribution in [3.05, 3.63) is 0 Å². The van der Waals surface area contributed by atoms with E-state index in [1.807, 2.05) is 0 Å². The molecule has 0 spiro atoms. The summed E-state index contributed by atoms with van der Waals surface area (Å²) < 4.78 is 27.0. The molecule has 0 heterocycles. The second-order valence-corrected chi connectivity index (χ2v) is 2.94. The summed E-state index contributed by atoms with van der Waals surface area (Å²) in [7, 11) is -5.77. The fourth-order valence-electron chi connectivity index (χ4n) is 0.236. The van der Waals surface area contributed by atoms with Crippen LogP contribution in [0, 0.1) is 0 Å². The van der Waals surface area contributed by atoms with E-state index in [4.69, 9.17) is 0 Å². The van der Waals surface area contributed by atoms with Gasteiger partial charge >= 0.3 is 37.7 Å². The molecule has 0 aromatic heterocycles. The van der Waals surface area contributed by atoms with E-state index in [9.17, 15) is 18.9 Å². The zero-order chi connectivity index (χ0) is 9.98. The molecular weight excluding hydrogens is 246 g/mol. The molecule has 0 aliphatic heterocycles. The van der Waals surface area contributed by atoms with Gasteiger partial charge in [0.05, 0.1) is 0 Å². The Morgan fingerprint density at radius 1 is 1.00 bits per heavy atom. The normalized spacial score (nSPS) is 13.2. The molecule has 0 aromatic rings. The summed E-state index contributed by atoms with van der Waals surface area (Å²) in [6.45, 7) is 3.75. The quantitative estimate of drug-likeness (QED) is 0.482. The van der Waals surface area contributed by atoms with Gasteiger partial charge in [-0.25, -0.2) is 0 Å². The Morgan fingerprint density at radius 3 is 1.23 bits per heavy atom. The zero-order valence-electron chi connectivity index (χ0n) is 7.57. The Hall–Kier alpha value is 1.56. The smallest absolute Gasteiger partial charge is 0.781 e. The number of rotatable bonds is 4. The summed E-state index contributed by atoms with van der Waals surface area (Å²) in [5.41, 5.74) is 0. The summed E-state index contributed by atoms with van der Waals surface area (Å²) in [4.78, 5) is 18.9. The Kier molecular flexibility index (Phi) is 24.7. The molecule has 0 N–H and O–H groups in total. The molecule has 13 heavy (non-hydrogen) atoms. The molecule has 2 atom stereocenters. The van der Waals surface area contributed by atoms with Crippen LogP contribution in [0.1, 0.15) is 13.8 Å². The molecular formula is C4H12CaO6P2. The van der Waals surface area contributed by atoms with Crippen molar-refractivity contribution in [1.29, 1.82) is 0 Å². The van der Waals surface area contributed by atoms with E-state index in [0.717, 1.165) is 0 Å². The first kappa shape index (κ1) is 20.0. The molecule has 0 fully saturated rings. The maximum Gasteiger partial charge on any atom is 2.00 e. The molecule has 0 aromatic carbocycles. The minimum absolute atomic E-state index is 0. The first-order chi connectivity index (χ1) is 5.54. The van der Waals surface area contributed by atoms with E-state index in [1.54, 1.807) is 13.8 Å². The van der Waals surface area contributed by atoms with Crippen molar-refractivity contribution in [3.63, 3.8) is 0 Å². The Bertz CT molecular complexity index is 127. The van der Waals surface area contributed by atoms with Crippen LogP contribution in [0.5, 0.6) is 0 Å². The third kappa shape index (κ3) is 31.7. The maximum atomic E-state index is 9.45. The van der Waals surface area contributed by atoms with Crippen LogP contribution in [0.2, 0.25) is 0 Å². The predicted octanol–water partition coefficient (Wildman–Crippen LogP) is -0.835. The van der Waals surface area contributed by atoms with Crippen molar-refractivity contribution < 1.29 is 28.0 Å². The summed E-state index contributed by atoms with van der Waals surface area (Å²) in [6.07, 6.45) is 0. The average Bonchev–Trinajstić information content (AvgIpc) is 1.87. The third-order valence-electron chi connectivity index (χ3n) is 0.524. The Morgan fingerprint density at radius 2 is 1.23 bits per heavy atom. The van der Waals surface area contributed by atoms with Crippen molar-refractivity contribution in [2.75, 3.05) is 13.2 Å². The van der Waals surface area contributed by atoms with Crippen LogP contribution in [0.25, 0.3) is 0 Å². The van der Waals surface area contributed by atoms with Gasteiger partial charge in [0.2, 0.25) is 0 Å². The van der Waals surface area contributed by atoms with Crippen LogP contribution in [0.4, 0.5) is 0 Å². The summed E-state index contributed by atoms with van der Waals surface area (Å²) in [5, 5.41) is 0. The molecule has 0 saturated heterocycles. The van der Waals surface area contributed by atoms with E-state index in [-0.39, 0.29) is 51.0 Å². The predicted molar refractivity (Wildman–Crippen MR) is 47.0 cm³/mol. The molecule has 6 nitrogen and oxygen atoms in total. The summed E-state index contributed by atoms with van der Waals surface area (Å²) in [5.74, 6) is 0. The van der Waals surface area contributed by atoms with Crippen LogP contribution in [-0.2, 0) is 18.2 Å². The van der Waals surface area contributed by atoms with Gasteiger partial charge in [0.25, 0.3) is 0 Å². The van der Waals surface area contributed by atoms with Gasteiger partial charge in [-0.1, -0.05) is 0 Å². The zero-order valence-corrected chi connectivity index (χ0v) is 11.8. The first-order valence-corrected chi connectivity index (χ1v) is 5.67. The summed E-state index contributed by atoms with van der Waals surface area (Å²) >= 11 is 0. The van der Waals surface area contributed by atoms with E-state index in [1.165, 1.54) is 0 Å². The number of hydrogen-bond acceptors (Lipinski definition) is 6. The third-order valence-corrected chi connectivity index (χ3v) is 1.57. The molecule has 0 amide bonds. The van der Waals surface area contributed by atoms with Crippen molar-refractivity contribution in [2.45, 2.75) is 13.8 Å². The van der Waals surface area contributed by atoms with Gasteiger partial charge in [-0.05, 0) is 13.8 Å². The van der Waals surface area contributed by atoms with E-state index in [0.29, 0.717) is 0 Å². The van der Waals surface area contributed by atoms with Crippen molar-refractivity contribution in [1.82, 2.24) is 0 Å². The monoisotopic (exact) mass is 258 g/mol. The molecule has 0 rings (SSSR count). The van der Waals surface area contributed by atoms with E-state index < -0.39 is 16.5 Å². The van der Waals surface area contributed by atoms with E-state index >= 15 is 0 Å². The standard InChI is InChI=1S/2C2H7O3P.Ca/c2*1-2-5-6(3)4;/h2*6H,2H2,1H3,(H,3,4);/q;;+2/p-2. The molecule has 0 aliphatic carbocycles. The Labute approximate surface area is 109 Å². The molecule has 0 bridgehead atoms. The topological polar surface area (TPSA) is 98.7 Å². The minimum Gasteiger partial charge on any atom is -0.781 e. The van der Waals surface area contributed by atoms with Crippen molar-refractivity contribution in [2.24, 2.45) is 0 Å². The van der Waals surface area contributed by atoms with Gasteiger partial charge in [-0.15, -0.1) is 0 Å². The van der Waals surface area contributed by atoms with Crippen LogP contribution in [0.3, 0.4) is 0 Å². The van der Waals surface area contributed by atoms with Crippen LogP contribution < -0.4 is 9.79 Å². The number of hydrogen-bond donors (Lipinski definition) is 0. The second kappa shape index (κ2) is 16.0. The molecule has 0 saturated carbocycles. The fourth-order valence-corrected chi connectivity index (χ4v) is 0.707. The van der Waals surface area contributed by atoms with E-state index in [2.05, 4.69) is 9.05 Å². The van der Waals surface area contributed by atoms with Gasteiger partial charge in [-0.2, -0.15) is 0 Å². The van der Waals surface area contributed by atoms with Gasteiger partial charge in [0.1, 0.15) is 16.5 Å².